The van der Waals surface area contributed by atoms with E-state index in [0.717, 1.165) is 12.1 Å². The summed E-state index contributed by atoms with van der Waals surface area (Å²) in [6, 6.07) is 11.9. The monoisotopic (exact) mass is 305 g/mol. The number of para-hydroxylation sites is 1. The number of carbonyl (C=O) groups is 1. The van der Waals surface area contributed by atoms with Gasteiger partial charge in [-0.1, -0.05) is 30.8 Å². The number of carbonyl (C=O) groups excluding carboxylic acids is 1. The van der Waals surface area contributed by atoms with Crippen molar-refractivity contribution in [3.8, 4) is 0 Å². The van der Waals surface area contributed by atoms with Gasteiger partial charge in [0.1, 0.15) is 0 Å². The summed E-state index contributed by atoms with van der Waals surface area (Å²) in [6.45, 7) is 3.41. The molecule has 0 saturated heterocycles. The van der Waals surface area contributed by atoms with Gasteiger partial charge in [0.15, 0.2) is 5.78 Å². The van der Waals surface area contributed by atoms with Crippen LogP contribution in [0.15, 0.2) is 61.2 Å². The van der Waals surface area contributed by atoms with Crippen molar-refractivity contribution in [2.24, 2.45) is 0 Å². The van der Waals surface area contributed by atoms with Crippen LogP contribution in [-0.2, 0) is 17.4 Å². The van der Waals surface area contributed by atoms with Crippen LogP contribution in [0.1, 0.15) is 11.1 Å². The minimum absolute atomic E-state index is 0.144. The van der Waals surface area contributed by atoms with Crippen LogP contribution in [0.3, 0.4) is 0 Å². The van der Waals surface area contributed by atoms with Crippen molar-refractivity contribution in [3.05, 3.63) is 72.3 Å². The van der Waals surface area contributed by atoms with E-state index < -0.39 is 11.7 Å². The molecule has 0 fully saturated rings. The highest BCUT2D eigenvalue weighted by Crippen LogP contribution is 2.31. The first-order valence-electron chi connectivity index (χ1n) is 6.57. The van der Waals surface area contributed by atoms with Gasteiger partial charge in [-0.3, -0.25) is 4.79 Å². The molecule has 0 amide bonds. The molecule has 0 spiro atoms. The van der Waals surface area contributed by atoms with E-state index in [1.807, 2.05) is 0 Å². The first kappa shape index (κ1) is 15.8. The minimum atomic E-state index is -4.39. The molecule has 0 radical (unpaired) electrons. The molecule has 2 rings (SSSR count). The normalized spacial score (nSPS) is 11.0. The van der Waals surface area contributed by atoms with Crippen molar-refractivity contribution in [1.29, 1.82) is 0 Å². The summed E-state index contributed by atoms with van der Waals surface area (Å²) in [5.41, 5.74) is 0.882. The van der Waals surface area contributed by atoms with Crippen LogP contribution in [0.25, 0.3) is 0 Å². The van der Waals surface area contributed by atoms with Crippen LogP contribution in [0.5, 0.6) is 0 Å². The molecular formula is C17H14F3NO. The Kier molecular flexibility index (Phi) is 4.65. The van der Waals surface area contributed by atoms with E-state index in [9.17, 15) is 18.0 Å². The largest absolute Gasteiger partial charge is 0.416 e. The number of rotatable bonds is 5. The van der Waals surface area contributed by atoms with Crippen molar-refractivity contribution >= 4 is 17.2 Å². The maximum Gasteiger partial charge on any atom is 0.416 e. The van der Waals surface area contributed by atoms with E-state index in [1.54, 1.807) is 30.3 Å². The highest BCUT2D eigenvalue weighted by molar-refractivity contribution is 5.92. The Hall–Kier alpha value is -2.56. The molecule has 5 heteroatoms. The number of halogens is 3. The average molecular weight is 305 g/mol. The average Bonchev–Trinajstić information content (AvgIpc) is 2.48. The maximum absolute atomic E-state index is 12.7. The Morgan fingerprint density at radius 1 is 1.14 bits per heavy atom. The topological polar surface area (TPSA) is 29.1 Å². The zero-order valence-electron chi connectivity index (χ0n) is 11.7. The van der Waals surface area contributed by atoms with Crippen molar-refractivity contribution in [2.45, 2.75) is 12.6 Å². The van der Waals surface area contributed by atoms with Gasteiger partial charge in [-0.2, -0.15) is 13.2 Å². The number of anilines is 2. The molecule has 0 unspecified atom stereocenters. The summed E-state index contributed by atoms with van der Waals surface area (Å²) in [5, 5.41) is 2.93. The molecule has 0 saturated carbocycles. The minimum Gasteiger partial charge on any atom is -0.355 e. The summed E-state index contributed by atoms with van der Waals surface area (Å²) < 4.78 is 38.2. The second kappa shape index (κ2) is 6.47. The smallest absolute Gasteiger partial charge is 0.355 e. The van der Waals surface area contributed by atoms with Gasteiger partial charge in [0.2, 0.25) is 0 Å². The van der Waals surface area contributed by atoms with Gasteiger partial charge in [-0.15, -0.1) is 0 Å². The van der Waals surface area contributed by atoms with Gasteiger partial charge in [0, 0.05) is 17.8 Å². The van der Waals surface area contributed by atoms with Crippen LogP contribution in [0.2, 0.25) is 0 Å². The number of alkyl halides is 3. The molecule has 0 heterocycles. The molecule has 2 nitrogen and oxygen atoms in total. The Labute approximate surface area is 126 Å². The summed E-state index contributed by atoms with van der Waals surface area (Å²) in [6.07, 6.45) is -3.03. The van der Waals surface area contributed by atoms with Gasteiger partial charge >= 0.3 is 6.18 Å². The van der Waals surface area contributed by atoms with Crippen LogP contribution in [0, 0.1) is 0 Å². The van der Waals surface area contributed by atoms with E-state index in [2.05, 4.69) is 11.9 Å². The molecule has 0 aliphatic carbocycles. The van der Waals surface area contributed by atoms with Crippen LogP contribution in [0.4, 0.5) is 24.5 Å². The highest BCUT2D eigenvalue weighted by Gasteiger charge is 2.30. The molecule has 1 N–H and O–H groups in total. The highest BCUT2D eigenvalue weighted by atomic mass is 19.4. The predicted octanol–water partition coefficient (Wildman–Crippen LogP) is 4.75. The number of benzene rings is 2. The Balaban J connectivity index is 2.28. The molecule has 0 aromatic heterocycles. The molecule has 0 bridgehead atoms. The lowest BCUT2D eigenvalue weighted by molar-refractivity contribution is -0.137. The second-order valence-corrected chi connectivity index (χ2v) is 4.71. The number of allylic oxidation sites excluding steroid dienone is 1. The zero-order chi connectivity index (χ0) is 16.2. The molecule has 2 aromatic carbocycles. The summed E-state index contributed by atoms with van der Waals surface area (Å²) >= 11 is 0. The molecule has 22 heavy (non-hydrogen) atoms. The quantitative estimate of drug-likeness (QED) is 0.808. The number of hydrogen-bond donors (Lipinski definition) is 1. The molecule has 114 valence electrons. The van der Waals surface area contributed by atoms with Gasteiger partial charge in [-0.05, 0) is 35.9 Å². The van der Waals surface area contributed by atoms with Crippen LogP contribution < -0.4 is 5.32 Å². The fourth-order valence-corrected chi connectivity index (χ4v) is 1.99. The Morgan fingerprint density at radius 3 is 2.55 bits per heavy atom. The molecule has 0 atom stereocenters. The molecule has 0 aliphatic heterocycles. The predicted molar refractivity (Wildman–Crippen MR) is 80.1 cm³/mol. The summed E-state index contributed by atoms with van der Waals surface area (Å²) in [4.78, 5) is 11.5. The van der Waals surface area contributed by atoms with Crippen molar-refractivity contribution in [2.75, 3.05) is 5.32 Å². The molecular weight excluding hydrogens is 291 g/mol. The van der Waals surface area contributed by atoms with Crippen LogP contribution in [-0.4, -0.2) is 5.78 Å². The SMILES string of the molecule is C=CC(=O)Cc1ccccc1Nc1cccc(C(F)(F)F)c1. The Morgan fingerprint density at radius 2 is 1.86 bits per heavy atom. The summed E-state index contributed by atoms with van der Waals surface area (Å²) in [7, 11) is 0. The van der Waals surface area contributed by atoms with E-state index in [-0.39, 0.29) is 12.2 Å². The number of nitrogens with one attached hydrogen (secondary N) is 1. The molecule has 0 aliphatic rings. The van der Waals surface area contributed by atoms with Gasteiger partial charge in [0.25, 0.3) is 0 Å². The fourth-order valence-electron chi connectivity index (χ4n) is 1.99. The first-order valence-corrected chi connectivity index (χ1v) is 6.57. The van der Waals surface area contributed by atoms with Gasteiger partial charge in [0.05, 0.1) is 5.56 Å². The van der Waals surface area contributed by atoms with E-state index >= 15 is 0 Å². The third-order valence-electron chi connectivity index (χ3n) is 3.08. The van der Waals surface area contributed by atoms with Crippen molar-refractivity contribution in [3.63, 3.8) is 0 Å². The van der Waals surface area contributed by atoms with E-state index in [1.165, 1.54) is 12.1 Å². The van der Waals surface area contributed by atoms with E-state index in [0.29, 0.717) is 16.9 Å². The first-order chi connectivity index (χ1) is 10.4. The zero-order valence-corrected chi connectivity index (χ0v) is 11.7. The third-order valence-corrected chi connectivity index (χ3v) is 3.08. The molecule has 2 aromatic rings. The number of ketones is 1. The van der Waals surface area contributed by atoms with Gasteiger partial charge in [-0.25, -0.2) is 0 Å². The van der Waals surface area contributed by atoms with Crippen molar-refractivity contribution < 1.29 is 18.0 Å². The van der Waals surface area contributed by atoms with Crippen molar-refractivity contribution in [1.82, 2.24) is 0 Å². The standard InChI is InChI=1S/C17H14F3NO/c1-2-15(22)10-12-6-3-4-9-16(12)21-14-8-5-7-13(11-14)17(18,19)20/h2-9,11,21H,1,10H2. The lowest BCUT2D eigenvalue weighted by Crippen LogP contribution is -2.06. The second-order valence-electron chi connectivity index (χ2n) is 4.71. The third kappa shape index (κ3) is 3.97. The lowest BCUT2D eigenvalue weighted by atomic mass is 10.1. The lowest BCUT2D eigenvalue weighted by Gasteiger charge is -2.13. The summed E-state index contributed by atoms with van der Waals surface area (Å²) in [5.74, 6) is -0.154. The van der Waals surface area contributed by atoms with Crippen LogP contribution >= 0.6 is 0 Å². The maximum atomic E-state index is 12.7. The Bertz CT molecular complexity index is 692. The number of hydrogen-bond acceptors (Lipinski definition) is 2. The van der Waals surface area contributed by atoms with E-state index in [4.69, 9.17) is 0 Å². The van der Waals surface area contributed by atoms with Gasteiger partial charge < -0.3 is 5.32 Å². The fraction of sp³-hybridized carbons (Fsp3) is 0.118.